The molecule has 0 spiro atoms. The van der Waals surface area contributed by atoms with Gasteiger partial charge in [-0.05, 0) is 59.4 Å². The van der Waals surface area contributed by atoms with Gasteiger partial charge in [-0.1, -0.05) is 36.4 Å². The topological polar surface area (TPSA) is 54.4 Å². The maximum atomic E-state index is 12.1. The molecule has 0 unspecified atom stereocenters. The van der Waals surface area contributed by atoms with Crippen LogP contribution in [0.4, 0.5) is 0 Å². The van der Waals surface area contributed by atoms with E-state index in [1.165, 1.54) is 22.3 Å². The zero-order chi connectivity index (χ0) is 17.2. The molecule has 4 rings (SSSR count). The first-order valence-corrected chi connectivity index (χ1v) is 8.18. The van der Waals surface area contributed by atoms with E-state index in [2.05, 4.69) is 58.0 Å². The van der Waals surface area contributed by atoms with Crippen LogP contribution in [0.15, 0.2) is 72.1 Å². The number of fused-ring (bicyclic) bond motifs is 3. The molecular weight excluding hydrogens is 310 g/mol. The fraction of sp³-hybridized carbons (Fsp3) is 0.0952. The molecule has 1 aliphatic carbocycles. The maximum Gasteiger partial charge on any atom is 0.271 e. The third-order valence-corrected chi connectivity index (χ3v) is 4.48. The lowest BCUT2D eigenvalue weighted by Crippen LogP contribution is -2.19. The van der Waals surface area contributed by atoms with Gasteiger partial charge in [0.05, 0.1) is 5.71 Å². The molecule has 4 nitrogen and oxygen atoms in total. The number of nitrogens with one attached hydrogen (secondary N) is 1. The lowest BCUT2D eigenvalue weighted by molar-refractivity contribution is 0.0954. The largest absolute Gasteiger partial charge is 0.271 e. The van der Waals surface area contributed by atoms with Crippen LogP contribution in [0.25, 0.3) is 11.1 Å². The van der Waals surface area contributed by atoms with Crippen LogP contribution in [0, 0.1) is 0 Å². The summed E-state index contributed by atoms with van der Waals surface area (Å²) in [5.41, 5.74) is 10.2. The van der Waals surface area contributed by atoms with Crippen molar-refractivity contribution in [3.8, 4) is 11.1 Å². The standard InChI is InChI=1S/C21H17N3O/c1-14(23-24-21(25)15-8-10-22-11-9-15)16-6-7-20-18(12-16)13-17-4-2-3-5-19(17)20/h2-12H,13H2,1H3,(H,24,25). The molecule has 25 heavy (non-hydrogen) atoms. The number of hydrogen-bond donors (Lipinski definition) is 1. The van der Waals surface area contributed by atoms with E-state index in [1.54, 1.807) is 24.5 Å². The van der Waals surface area contributed by atoms with E-state index in [9.17, 15) is 4.79 Å². The molecule has 4 heteroatoms. The van der Waals surface area contributed by atoms with Crippen molar-refractivity contribution in [3.05, 3.63) is 89.2 Å². The minimum absolute atomic E-state index is 0.240. The van der Waals surface area contributed by atoms with Gasteiger partial charge in [-0.3, -0.25) is 9.78 Å². The van der Waals surface area contributed by atoms with E-state index in [1.807, 2.05) is 6.92 Å². The molecule has 122 valence electrons. The predicted molar refractivity (Wildman–Crippen MR) is 98.6 cm³/mol. The predicted octanol–water partition coefficient (Wildman–Crippen LogP) is 3.81. The molecule has 0 bridgehead atoms. The first-order valence-electron chi connectivity index (χ1n) is 8.18. The van der Waals surface area contributed by atoms with Crippen molar-refractivity contribution in [2.75, 3.05) is 0 Å². The Balaban J connectivity index is 1.55. The SMILES string of the molecule is CC(=NNC(=O)c1ccncc1)c1ccc2c(c1)Cc1ccccc1-2. The fourth-order valence-corrected chi connectivity index (χ4v) is 3.14. The zero-order valence-electron chi connectivity index (χ0n) is 13.9. The van der Waals surface area contributed by atoms with Crippen molar-refractivity contribution < 1.29 is 4.79 Å². The highest BCUT2D eigenvalue weighted by atomic mass is 16.2. The van der Waals surface area contributed by atoms with E-state index in [0.29, 0.717) is 5.56 Å². The summed E-state index contributed by atoms with van der Waals surface area (Å²) < 4.78 is 0. The highest BCUT2D eigenvalue weighted by Gasteiger charge is 2.18. The van der Waals surface area contributed by atoms with E-state index in [-0.39, 0.29) is 5.91 Å². The second kappa shape index (κ2) is 6.32. The van der Waals surface area contributed by atoms with Crippen LogP contribution in [0.5, 0.6) is 0 Å². The van der Waals surface area contributed by atoms with Gasteiger partial charge in [0.1, 0.15) is 0 Å². The molecular formula is C21H17N3O. The van der Waals surface area contributed by atoms with Crippen LogP contribution in [-0.2, 0) is 6.42 Å². The van der Waals surface area contributed by atoms with Crippen LogP contribution in [0.1, 0.15) is 34.0 Å². The molecule has 0 saturated heterocycles. The average molecular weight is 327 g/mol. The Morgan fingerprint density at radius 1 is 0.960 bits per heavy atom. The number of benzene rings is 2. The molecule has 1 amide bonds. The maximum absolute atomic E-state index is 12.1. The Morgan fingerprint density at radius 3 is 2.56 bits per heavy atom. The molecule has 3 aromatic rings. The summed E-state index contributed by atoms with van der Waals surface area (Å²) in [6, 6.07) is 18.2. The van der Waals surface area contributed by atoms with E-state index >= 15 is 0 Å². The molecule has 0 atom stereocenters. The molecule has 0 aliphatic heterocycles. The highest BCUT2D eigenvalue weighted by Crippen LogP contribution is 2.36. The summed E-state index contributed by atoms with van der Waals surface area (Å²) in [5, 5.41) is 4.24. The van der Waals surface area contributed by atoms with Gasteiger partial charge in [0.2, 0.25) is 0 Å². The molecule has 2 aromatic carbocycles. The third kappa shape index (κ3) is 2.94. The Bertz CT molecular complexity index is 977. The van der Waals surface area contributed by atoms with E-state index in [0.717, 1.165) is 17.7 Å². The Kier molecular flexibility index (Phi) is 3.86. The van der Waals surface area contributed by atoms with Gasteiger partial charge in [-0.15, -0.1) is 0 Å². The summed E-state index contributed by atoms with van der Waals surface area (Å²) in [5.74, 6) is -0.240. The van der Waals surface area contributed by atoms with Crippen molar-refractivity contribution in [3.63, 3.8) is 0 Å². The monoisotopic (exact) mass is 327 g/mol. The number of hydrogen-bond acceptors (Lipinski definition) is 3. The van der Waals surface area contributed by atoms with Crippen LogP contribution in [0.2, 0.25) is 0 Å². The van der Waals surface area contributed by atoms with Gasteiger partial charge in [-0.25, -0.2) is 5.43 Å². The summed E-state index contributed by atoms with van der Waals surface area (Å²) >= 11 is 0. The van der Waals surface area contributed by atoms with Gasteiger partial charge in [0.15, 0.2) is 0 Å². The number of carbonyl (C=O) groups excluding carboxylic acids is 1. The van der Waals surface area contributed by atoms with Gasteiger partial charge in [0, 0.05) is 18.0 Å². The average Bonchev–Trinajstić information content (AvgIpc) is 3.04. The molecule has 1 N–H and O–H groups in total. The van der Waals surface area contributed by atoms with E-state index in [4.69, 9.17) is 0 Å². The van der Waals surface area contributed by atoms with Gasteiger partial charge >= 0.3 is 0 Å². The summed E-state index contributed by atoms with van der Waals surface area (Å²) in [6.07, 6.45) is 4.11. The summed E-state index contributed by atoms with van der Waals surface area (Å²) in [4.78, 5) is 16.0. The summed E-state index contributed by atoms with van der Waals surface area (Å²) in [7, 11) is 0. The summed E-state index contributed by atoms with van der Waals surface area (Å²) in [6.45, 7) is 1.90. The van der Waals surface area contributed by atoms with Gasteiger partial charge < -0.3 is 0 Å². The van der Waals surface area contributed by atoms with Crippen molar-refractivity contribution >= 4 is 11.6 Å². The van der Waals surface area contributed by atoms with Crippen LogP contribution < -0.4 is 5.43 Å². The first-order chi connectivity index (χ1) is 12.2. The van der Waals surface area contributed by atoms with Crippen LogP contribution in [-0.4, -0.2) is 16.6 Å². The Labute approximate surface area is 146 Å². The highest BCUT2D eigenvalue weighted by molar-refractivity contribution is 6.01. The smallest absolute Gasteiger partial charge is 0.267 e. The minimum Gasteiger partial charge on any atom is -0.267 e. The Hall–Kier alpha value is -3.27. The third-order valence-electron chi connectivity index (χ3n) is 4.48. The first kappa shape index (κ1) is 15.3. The number of aromatic nitrogens is 1. The number of pyridine rings is 1. The van der Waals surface area contributed by atoms with Crippen molar-refractivity contribution in [2.24, 2.45) is 5.10 Å². The van der Waals surface area contributed by atoms with Gasteiger partial charge in [0.25, 0.3) is 5.91 Å². The molecule has 1 aromatic heterocycles. The quantitative estimate of drug-likeness (QED) is 0.459. The number of nitrogens with zero attached hydrogens (tertiary/aromatic N) is 2. The molecule has 0 radical (unpaired) electrons. The van der Waals surface area contributed by atoms with Crippen LogP contribution in [0.3, 0.4) is 0 Å². The molecule has 1 heterocycles. The van der Waals surface area contributed by atoms with Crippen molar-refractivity contribution in [1.29, 1.82) is 0 Å². The molecule has 1 aliphatic rings. The van der Waals surface area contributed by atoms with Crippen LogP contribution >= 0.6 is 0 Å². The molecule has 0 fully saturated rings. The second-order valence-electron chi connectivity index (χ2n) is 6.08. The number of carbonyl (C=O) groups is 1. The lowest BCUT2D eigenvalue weighted by Gasteiger charge is -2.06. The van der Waals surface area contributed by atoms with Crippen molar-refractivity contribution in [1.82, 2.24) is 10.4 Å². The normalized spacial score (nSPS) is 12.4. The zero-order valence-corrected chi connectivity index (χ0v) is 13.9. The van der Waals surface area contributed by atoms with Gasteiger partial charge in [-0.2, -0.15) is 5.10 Å². The lowest BCUT2D eigenvalue weighted by atomic mass is 10.0. The molecule has 0 saturated carbocycles. The van der Waals surface area contributed by atoms with Crippen molar-refractivity contribution in [2.45, 2.75) is 13.3 Å². The Morgan fingerprint density at radius 2 is 1.72 bits per heavy atom. The minimum atomic E-state index is -0.240. The number of hydrazone groups is 1. The fourth-order valence-electron chi connectivity index (χ4n) is 3.14. The number of rotatable bonds is 3. The number of amides is 1. The van der Waals surface area contributed by atoms with E-state index < -0.39 is 0 Å². The second-order valence-corrected chi connectivity index (χ2v) is 6.08.